The van der Waals surface area contributed by atoms with Crippen molar-refractivity contribution in [2.45, 2.75) is 20.0 Å². The zero-order valence-corrected chi connectivity index (χ0v) is 16.0. The van der Waals surface area contributed by atoms with Crippen LogP contribution in [0, 0.1) is 0 Å². The third-order valence-corrected chi connectivity index (χ3v) is 3.75. The van der Waals surface area contributed by atoms with Gasteiger partial charge in [-0.15, -0.1) is 0 Å². The normalized spacial score (nSPS) is 11.0. The molecule has 0 saturated heterocycles. The van der Waals surface area contributed by atoms with Crippen molar-refractivity contribution in [1.29, 1.82) is 0 Å². The van der Waals surface area contributed by atoms with E-state index in [9.17, 15) is 4.79 Å². The Hall–Kier alpha value is -3.61. The summed E-state index contributed by atoms with van der Waals surface area (Å²) in [4.78, 5) is 18.9. The van der Waals surface area contributed by atoms with Gasteiger partial charge in [0, 0.05) is 11.6 Å². The van der Waals surface area contributed by atoms with Crippen molar-refractivity contribution in [2.24, 2.45) is 5.10 Å². The molecular formula is C21H22N4O3. The van der Waals surface area contributed by atoms with Crippen LogP contribution in [-0.2, 0) is 0 Å². The van der Waals surface area contributed by atoms with Crippen molar-refractivity contribution in [3.63, 3.8) is 0 Å². The standard InChI is InChI=1S/C21H22N4O3/c1-14(2)28-18-10-9-15(11-19(18)27-3)13-22-25-21-23-17(12-20(26)24-21)16-7-5-4-6-8-16/h4-14H,1-3H3,(H2,23,24,25,26)/b22-13-. The third-order valence-electron chi connectivity index (χ3n) is 3.75. The maximum Gasteiger partial charge on any atom is 0.252 e. The summed E-state index contributed by atoms with van der Waals surface area (Å²) < 4.78 is 11.1. The van der Waals surface area contributed by atoms with Gasteiger partial charge in [-0.1, -0.05) is 30.3 Å². The molecule has 0 fully saturated rings. The van der Waals surface area contributed by atoms with Gasteiger partial charge < -0.3 is 9.47 Å². The van der Waals surface area contributed by atoms with E-state index in [2.05, 4.69) is 20.5 Å². The van der Waals surface area contributed by atoms with E-state index >= 15 is 0 Å². The lowest BCUT2D eigenvalue weighted by Gasteiger charge is -2.13. The monoisotopic (exact) mass is 378 g/mol. The smallest absolute Gasteiger partial charge is 0.252 e. The van der Waals surface area contributed by atoms with Crippen LogP contribution in [0.3, 0.4) is 0 Å². The van der Waals surface area contributed by atoms with Crippen LogP contribution in [0.1, 0.15) is 19.4 Å². The number of benzene rings is 2. The first kappa shape index (κ1) is 19.2. The second-order valence-corrected chi connectivity index (χ2v) is 6.29. The summed E-state index contributed by atoms with van der Waals surface area (Å²) in [6.07, 6.45) is 1.66. The van der Waals surface area contributed by atoms with Gasteiger partial charge in [-0.2, -0.15) is 5.10 Å². The third kappa shape index (κ3) is 4.97. The largest absolute Gasteiger partial charge is 0.493 e. The van der Waals surface area contributed by atoms with Crippen molar-refractivity contribution in [2.75, 3.05) is 12.5 Å². The number of ether oxygens (including phenoxy) is 2. The van der Waals surface area contributed by atoms with Gasteiger partial charge in [0.15, 0.2) is 11.5 Å². The number of aromatic amines is 1. The van der Waals surface area contributed by atoms with E-state index in [0.29, 0.717) is 17.2 Å². The number of methoxy groups -OCH3 is 1. The maximum absolute atomic E-state index is 11.9. The van der Waals surface area contributed by atoms with Crippen LogP contribution in [0.25, 0.3) is 11.3 Å². The number of aromatic nitrogens is 2. The predicted octanol–water partition coefficient (Wildman–Crippen LogP) is 3.68. The molecule has 0 unspecified atom stereocenters. The van der Waals surface area contributed by atoms with Crippen molar-refractivity contribution in [3.8, 4) is 22.8 Å². The Morgan fingerprint density at radius 1 is 1.11 bits per heavy atom. The minimum Gasteiger partial charge on any atom is -0.493 e. The van der Waals surface area contributed by atoms with Crippen molar-refractivity contribution in [3.05, 3.63) is 70.5 Å². The molecule has 144 valence electrons. The lowest BCUT2D eigenvalue weighted by atomic mass is 10.1. The van der Waals surface area contributed by atoms with E-state index in [4.69, 9.17) is 9.47 Å². The molecule has 1 aromatic heterocycles. The Morgan fingerprint density at radius 2 is 1.89 bits per heavy atom. The Labute approximate surface area is 163 Å². The number of rotatable bonds is 7. The molecule has 7 heteroatoms. The van der Waals surface area contributed by atoms with Gasteiger partial charge in [0.25, 0.3) is 5.56 Å². The Morgan fingerprint density at radius 3 is 2.61 bits per heavy atom. The number of hydrogen-bond donors (Lipinski definition) is 2. The van der Waals surface area contributed by atoms with E-state index < -0.39 is 0 Å². The molecule has 2 aromatic carbocycles. The zero-order valence-electron chi connectivity index (χ0n) is 16.0. The number of nitrogens with one attached hydrogen (secondary N) is 2. The highest BCUT2D eigenvalue weighted by Gasteiger charge is 2.07. The SMILES string of the molecule is COc1cc(/C=N\Nc2nc(-c3ccccc3)cc(=O)[nH]2)ccc1OC(C)C. The van der Waals surface area contributed by atoms with Gasteiger partial charge >= 0.3 is 0 Å². The Kier molecular flexibility index (Phi) is 6.06. The molecule has 0 bridgehead atoms. The summed E-state index contributed by atoms with van der Waals surface area (Å²) in [7, 11) is 1.59. The molecular weight excluding hydrogens is 356 g/mol. The van der Waals surface area contributed by atoms with Crippen LogP contribution >= 0.6 is 0 Å². The van der Waals surface area contributed by atoms with E-state index in [1.165, 1.54) is 6.07 Å². The number of hydrogen-bond acceptors (Lipinski definition) is 6. The molecule has 0 amide bonds. The number of nitrogens with zero attached hydrogens (tertiary/aromatic N) is 2. The Balaban J connectivity index is 1.76. The number of hydrazone groups is 1. The van der Waals surface area contributed by atoms with E-state index in [0.717, 1.165) is 11.1 Å². The summed E-state index contributed by atoms with van der Waals surface area (Å²) in [5.74, 6) is 1.55. The highest BCUT2D eigenvalue weighted by atomic mass is 16.5. The summed E-state index contributed by atoms with van der Waals surface area (Å²) in [5, 5.41) is 4.15. The minimum atomic E-state index is -0.261. The fourth-order valence-electron chi connectivity index (χ4n) is 2.55. The second kappa shape index (κ2) is 8.85. The molecule has 0 spiro atoms. The van der Waals surface area contributed by atoms with E-state index in [1.54, 1.807) is 13.3 Å². The minimum absolute atomic E-state index is 0.0508. The summed E-state index contributed by atoms with van der Waals surface area (Å²) in [6.45, 7) is 3.91. The first-order chi connectivity index (χ1) is 13.5. The lowest BCUT2D eigenvalue weighted by Crippen LogP contribution is -2.10. The first-order valence-corrected chi connectivity index (χ1v) is 8.85. The molecule has 0 aliphatic rings. The fourth-order valence-corrected chi connectivity index (χ4v) is 2.55. The molecule has 7 nitrogen and oxygen atoms in total. The van der Waals surface area contributed by atoms with Crippen molar-refractivity contribution >= 4 is 12.2 Å². The van der Waals surface area contributed by atoms with Gasteiger partial charge in [0.1, 0.15) is 0 Å². The van der Waals surface area contributed by atoms with Gasteiger partial charge in [0.05, 0.1) is 25.1 Å². The van der Waals surface area contributed by atoms with E-state index in [-0.39, 0.29) is 17.6 Å². The van der Waals surface area contributed by atoms with Gasteiger partial charge in [-0.05, 0) is 37.6 Å². The van der Waals surface area contributed by atoms with Crippen LogP contribution < -0.4 is 20.5 Å². The van der Waals surface area contributed by atoms with Gasteiger partial charge in [0.2, 0.25) is 5.95 Å². The van der Waals surface area contributed by atoms with Gasteiger partial charge in [-0.3, -0.25) is 9.78 Å². The molecule has 0 aliphatic carbocycles. The van der Waals surface area contributed by atoms with Crippen molar-refractivity contribution < 1.29 is 9.47 Å². The molecule has 28 heavy (non-hydrogen) atoms. The lowest BCUT2D eigenvalue weighted by molar-refractivity contribution is 0.230. The Bertz CT molecular complexity index is 1010. The molecule has 0 atom stereocenters. The van der Waals surface area contributed by atoms with Crippen LogP contribution in [0.2, 0.25) is 0 Å². The van der Waals surface area contributed by atoms with Crippen LogP contribution in [0.4, 0.5) is 5.95 Å². The predicted molar refractivity (Wildman–Crippen MR) is 110 cm³/mol. The van der Waals surface area contributed by atoms with E-state index in [1.807, 2.05) is 62.4 Å². The zero-order chi connectivity index (χ0) is 19.9. The van der Waals surface area contributed by atoms with Crippen molar-refractivity contribution in [1.82, 2.24) is 9.97 Å². The molecule has 0 saturated carbocycles. The summed E-state index contributed by atoms with van der Waals surface area (Å²) in [5.41, 5.74) is 4.73. The van der Waals surface area contributed by atoms with Crippen LogP contribution in [0.5, 0.6) is 11.5 Å². The highest BCUT2D eigenvalue weighted by molar-refractivity contribution is 5.81. The average molecular weight is 378 g/mol. The average Bonchev–Trinajstić information content (AvgIpc) is 2.69. The first-order valence-electron chi connectivity index (χ1n) is 8.85. The maximum atomic E-state index is 11.9. The second-order valence-electron chi connectivity index (χ2n) is 6.29. The fraction of sp³-hybridized carbons (Fsp3) is 0.190. The molecule has 2 N–H and O–H groups in total. The molecule has 0 aliphatic heterocycles. The summed E-state index contributed by atoms with van der Waals surface area (Å²) >= 11 is 0. The summed E-state index contributed by atoms with van der Waals surface area (Å²) in [6, 6.07) is 16.4. The number of H-pyrrole nitrogens is 1. The molecule has 0 radical (unpaired) electrons. The highest BCUT2D eigenvalue weighted by Crippen LogP contribution is 2.28. The molecule has 3 rings (SSSR count). The quantitative estimate of drug-likeness (QED) is 0.484. The van der Waals surface area contributed by atoms with Crippen LogP contribution in [-0.4, -0.2) is 29.4 Å². The topological polar surface area (TPSA) is 88.6 Å². The van der Waals surface area contributed by atoms with Crippen LogP contribution in [0.15, 0.2) is 64.5 Å². The van der Waals surface area contributed by atoms with Gasteiger partial charge in [-0.25, -0.2) is 10.4 Å². The number of anilines is 1. The molecule has 1 heterocycles. The molecule has 3 aromatic rings.